The standard InChI is InChI=1S/C15H19BrN2O3/c1-9(7-13(19)18-15(2,3)4)21-14(20)11-8-10(16)5-6-12(11)17/h5-8H,17H2,1-4H3,(H,18,19)/b9-7+. The van der Waals surface area contributed by atoms with Gasteiger partial charge < -0.3 is 15.8 Å². The van der Waals surface area contributed by atoms with Gasteiger partial charge in [-0.15, -0.1) is 0 Å². The van der Waals surface area contributed by atoms with Gasteiger partial charge in [0.2, 0.25) is 5.91 Å². The number of hydrogen-bond donors (Lipinski definition) is 2. The van der Waals surface area contributed by atoms with Gasteiger partial charge >= 0.3 is 5.97 Å². The molecule has 0 unspecified atom stereocenters. The summed E-state index contributed by atoms with van der Waals surface area (Å²) in [5, 5.41) is 2.74. The van der Waals surface area contributed by atoms with E-state index in [0.29, 0.717) is 5.69 Å². The second-order valence-electron chi connectivity index (χ2n) is 5.62. The normalized spacial score (nSPS) is 12.0. The number of nitrogen functional groups attached to an aromatic ring is 1. The van der Waals surface area contributed by atoms with Crippen molar-refractivity contribution in [2.45, 2.75) is 33.2 Å². The number of rotatable bonds is 3. The highest BCUT2D eigenvalue weighted by atomic mass is 79.9. The summed E-state index contributed by atoms with van der Waals surface area (Å²) in [5.74, 6) is -0.734. The minimum Gasteiger partial charge on any atom is -0.428 e. The number of nitrogens with two attached hydrogens (primary N) is 1. The van der Waals surface area contributed by atoms with Crippen molar-refractivity contribution >= 4 is 33.5 Å². The molecule has 6 heteroatoms. The largest absolute Gasteiger partial charge is 0.428 e. The first kappa shape index (κ1) is 17.2. The molecule has 114 valence electrons. The second-order valence-corrected chi connectivity index (χ2v) is 6.53. The third-order valence-electron chi connectivity index (χ3n) is 2.32. The predicted octanol–water partition coefficient (Wildman–Crippen LogP) is 3.01. The average molecular weight is 355 g/mol. The van der Waals surface area contributed by atoms with E-state index in [1.165, 1.54) is 13.0 Å². The molecule has 0 aliphatic carbocycles. The summed E-state index contributed by atoms with van der Waals surface area (Å²) in [6, 6.07) is 4.90. The van der Waals surface area contributed by atoms with Gasteiger partial charge in [-0.25, -0.2) is 4.79 Å². The van der Waals surface area contributed by atoms with Crippen molar-refractivity contribution in [3.8, 4) is 0 Å². The van der Waals surface area contributed by atoms with Gasteiger partial charge in [-0.3, -0.25) is 4.79 Å². The van der Waals surface area contributed by atoms with Crippen molar-refractivity contribution in [2.75, 3.05) is 5.73 Å². The number of hydrogen-bond acceptors (Lipinski definition) is 4. The third kappa shape index (κ3) is 5.99. The lowest BCUT2D eigenvalue weighted by Gasteiger charge is -2.19. The molecule has 0 heterocycles. The molecule has 1 aromatic rings. The quantitative estimate of drug-likeness (QED) is 0.378. The summed E-state index contributed by atoms with van der Waals surface area (Å²) in [6.45, 7) is 7.13. The molecule has 1 rings (SSSR count). The Hall–Kier alpha value is -1.82. The van der Waals surface area contributed by atoms with E-state index < -0.39 is 5.97 Å². The summed E-state index contributed by atoms with van der Waals surface area (Å²) in [6.07, 6.45) is 1.23. The number of carbonyl (C=O) groups excluding carboxylic acids is 2. The van der Waals surface area contributed by atoms with E-state index >= 15 is 0 Å². The number of carbonyl (C=O) groups is 2. The van der Waals surface area contributed by atoms with E-state index in [1.807, 2.05) is 20.8 Å². The number of nitrogens with one attached hydrogen (secondary N) is 1. The van der Waals surface area contributed by atoms with Crippen LogP contribution in [0.3, 0.4) is 0 Å². The van der Waals surface area contributed by atoms with Crippen LogP contribution in [0.25, 0.3) is 0 Å². The van der Waals surface area contributed by atoms with E-state index in [1.54, 1.807) is 18.2 Å². The van der Waals surface area contributed by atoms with Gasteiger partial charge in [-0.2, -0.15) is 0 Å². The van der Waals surface area contributed by atoms with Crippen LogP contribution in [0.1, 0.15) is 38.1 Å². The number of ether oxygens (including phenoxy) is 1. The molecule has 0 spiro atoms. The number of allylic oxidation sites excluding steroid dienone is 1. The van der Waals surface area contributed by atoms with E-state index in [2.05, 4.69) is 21.2 Å². The topological polar surface area (TPSA) is 81.4 Å². The lowest BCUT2D eigenvalue weighted by atomic mass is 10.1. The van der Waals surface area contributed by atoms with Crippen molar-refractivity contribution in [1.29, 1.82) is 0 Å². The fourth-order valence-electron chi connectivity index (χ4n) is 1.53. The molecule has 0 fully saturated rings. The van der Waals surface area contributed by atoms with E-state index in [0.717, 1.165) is 4.47 Å². The lowest BCUT2D eigenvalue weighted by Crippen LogP contribution is -2.39. The maximum atomic E-state index is 12.0. The Morgan fingerprint density at radius 2 is 1.95 bits per heavy atom. The fourth-order valence-corrected chi connectivity index (χ4v) is 1.89. The maximum absolute atomic E-state index is 12.0. The minimum absolute atomic E-state index is 0.195. The molecule has 0 aromatic heterocycles. The van der Waals surface area contributed by atoms with Crippen LogP contribution in [0, 0.1) is 0 Å². The Kier molecular flexibility index (Phi) is 5.54. The molecule has 0 aliphatic heterocycles. The first-order chi connectivity index (χ1) is 9.58. The van der Waals surface area contributed by atoms with Gasteiger partial charge in [-0.1, -0.05) is 15.9 Å². The number of halogens is 1. The van der Waals surface area contributed by atoms with Crippen LogP contribution in [0.15, 0.2) is 34.5 Å². The second kappa shape index (κ2) is 6.76. The highest BCUT2D eigenvalue weighted by Crippen LogP contribution is 2.20. The number of benzene rings is 1. The molecule has 1 amide bonds. The fraction of sp³-hybridized carbons (Fsp3) is 0.333. The molecule has 5 nitrogen and oxygen atoms in total. The van der Waals surface area contributed by atoms with Gasteiger partial charge in [0, 0.05) is 21.8 Å². The summed E-state index contributed by atoms with van der Waals surface area (Å²) < 4.78 is 5.84. The summed E-state index contributed by atoms with van der Waals surface area (Å²) in [4.78, 5) is 23.7. The van der Waals surface area contributed by atoms with Crippen LogP contribution in [0.4, 0.5) is 5.69 Å². The van der Waals surface area contributed by atoms with Crippen molar-refractivity contribution < 1.29 is 14.3 Å². The molecule has 0 atom stereocenters. The van der Waals surface area contributed by atoms with Crippen LogP contribution in [0.2, 0.25) is 0 Å². The van der Waals surface area contributed by atoms with Gasteiger partial charge in [0.05, 0.1) is 5.56 Å². The average Bonchev–Trinajstić information content (AvgIpc) is 2.29. The van der Waals surface area contributed by atoms with Crippen molar-refractivity contribution in [3.63, 3.8) is 0 Å². The van der Waals surface area contributed by atoms with Crippen LogP contribution in [0.5, 0.6) is 0 Å². The number of anilines is 1. The SMILES string of the molecule is C/C(=C\C(=O)NC(C)(C)C)OC(=O)c1cc(Br)ccc1N. The predicted molar refractivity (Wildman–Crippen MR) is 85.6 cm³/mol. The van der Waals surface area contributed by atoms with Crippen molar-refractivity contribution in [2.24, 2.45) is 0 Å². The van der Waals surface area contributed by atoms with E-state index in [4.69, 9.17) is 10.5 Å². The van der Waals surface area contributed by atoms with Gasteiger partial charge in [0.25, 0.3) is 0 Å². The summed E-state index contributed by atoms with van der Waals surface area (Å²) in [5.41, 5.74) is 5.93. The van der Waals surface area contributed by atoms with Gasteiger partial charge in [-0.05, 0) is 45.9 Å². The molecule has 0 aliphatic rings. The first-order valence-electron chi connectivity index (χ1n) is 6.36. The molecular formula is C15H19BrN2O3. The number of esters is 1. The summed E-state index contributed by atoms with van der Waals surface area (Å²) in [7, 11) is 0. The Labute approximate surface area is 132 Å². The zero-order chi connectivity index (χ0) is 16.2. The number of amides is 1. The van der Waals surface area contributed by atoms with Crippen LogP contribution >= 0.6 is 15.9 Å². The first-order valence-corrected chi connectivity index (χ1v) is 7.15. The zero-order valence-electron chi connectivity index (χ0n) is 12.5. The monoisotopic (exact) mass is 354 g/mol. The Bertz CT molecular complexity index is 589. The van der Waals surface area contributed by atoms with Crippen LogP contribution in [-0.2, 0) is 9.53 Å². The Morgan fingerprint density at radius 3 is 2.52 bits per heavy atom. The van der Waals surface area contributed by atoms with Gasteiger partial charge in [0.1, 0.15) is 5.76 Å². The smallest absolute Gasteiger partial charge is 0.345 e. The highest BCUT2D eigenvalue weighted by molar-refractivity contribution is 9.10. The molecule has 3 N–H and O–H groups in total. The zero-order valence-corrected chi connectivity index (χ0v) is 14.1. The minimum atomic E-state index is -0.605. The highest BCUT2D eigenvalue weighted by Gasteiger charge is 2.15. The van der Waals surface area contributed by atoms with Crippen molar-refractivity contribution in [1.82, 2.24) is 5.32 Å². The molecule has 0 radical (unpaired) electrons. The van der Waals surface area contributed by atoms with Crippen LogP contribution in [-0.4, -0.2) is 17.4 Å². The molecular weight excluding hydrogens is 336 g/mol. The Balaban J connectivity index is 2.78. The van der Waals surface area contributed by atoms with E-state index in [9.17, 15) is 9.59 Å². The molecule has 1 aromatic carbocycles. The lowest BCUT2D eigenvalue weighted by molar-refractivity contribution is -0.117. The third-order valence-corrected chi connectivity index (χ3v) is 2.81. The molecule has 0 saturated heterocycles. The van der Waals surface area contributed by atoms with Gasteiger partial charge in [0.15, 0.2) is 0 Å². The molecule has 0 saturated carbocycles. The van der Waals surface area contributed by atoms with Crippen molar-refractivity contribution in [3.05, 3.63) is 40.1 Å². The van der Waals surface area contributed by atoms with Crippen LogP contribution < -0.4 is 11.1 Å². The maximum Gasteiger partial charge on any atom is 0.345 e. The Morgan fingerprint density at radius 1 is 1.33 bits per heavy atom. The summed E-state index contributed by atoms with van der Waals surface area (Å²) >= 11 is 3.26. The molecule has 21 heavy (non-hydrogen) atoms. The van der Waals surface area contributed by atoms with E-state index in [-0.39, 0.29) is 22.8 Å². The molecule has 0 bridgehead atoms.